The van der Waals surface area contributed by atoms with Gasteiger partial charge in [-0.3, -0.25) is 14.4 Å². The molecule has 2 unspecified atom stereocenters. The van der Waals surface area contributed by atoms with Crippen molar-refractivity contribution in [2.24, 2.45) is 0 Å². The number of benzene rings is 2. The first-order chi connectivity index (χ1) is 15.8. The van der Waals surface area contributed by atoms with Crippen molar-refractivity contribution in [2.75, 3.05) is 19.6 Å². The van der Waals surface area contributed by atoms with Crippen molar-refractivity contribution < 1.29 is 19.1 Å². The van der Waals surface area contributed by atoms with E-state index in [9.17, 15) is 14.4 Å². The van der Waals surface area contributed by atoms with Crippen molar-refractivity contribution in [2.45, 2.75) is 45.4 Å². The first-order valence-electron chi connectivity index (χ1n) is 11.2. The fourth-order valence-corrected chi connectivity index (χ4v) is 3.86. The summed E-state index contributed by atoms with van der Waals surface area (Å²) >= 11 is 5.82. The summed E-state index contributed by atoms with van der Waals surface area (Å²) in [4.78, 5) is 38.7. The maximum atomic E-state index is 12.7. The third-order valence-corrected chi connectivity index (χ3v) is 5.62. The van der Waals surface area contributed by atoms with Crippen LogP contribution >= 0.6 is 11.6 Å². The lowest BCUT2D eigenvalue weighted by atomic mass is 10.1. The van der Waals surface area contributed by atoms with Crippen molar-refractivity contribution in [3.05, 3.63) is 70.2 Å². The molecule has 0 aliphatic carbocycles. The molecule has 1 saturated heterocycles. The van der Waals surface area contributed by atoms with Gasteiger partial charge in [-0.25, -0.2) is 0 Å². The number of hydrogen-bond acceptors (Lipinski definition) is 4. The van der Waals surface area contributed by atoms with E-state index >= 15 is 0 Å². The Bertz CT molecular complexity index is 953. The molecule has 1 heterocycles. The van der Waals surface area contributed by atoms with Crippen LogP contribution in [0.5, 0.6) is 0 Å². The van der Waals surface area contributed by atoms with Gasteiger partial charge >= 0.3 is 0 Å². The van der Waals surface area contributed by atoms with Crippen LogP contribution in [-0.2, 0) is 16.1 Å². The van der Waals surface area contributed by atoms with Gasteiger partial charge in [0.1, 0.15) is 0 Å². The topological polar surface area (TPSA) is 87.7 Å². The Morgan fingerprint density at radius 2 is 1.55 bits per heavy atom. The maximum absolute atomic E-state index is 12.7. The summed E-state index contributed by atoms with van der Waals surface area (Å²) in [5.41, 5.74) is 2.07. The van der Waals surface area contributed by atoms with Gasteiger partial charge in [0, 0.05) is 48.7 Å². The fraction of sp³-hybridized carbons (Fsp3) is 0.400. The highest BCUT2D eigenvalue weighted by atomic mass is 35.5. The lowest BCUT2D eigenvalue weighted by molar-refractivity contribution is -0.121. The van der Waals surface area contributed by atoms with Gasteiger partial charge in [0.15, 0.2) is 0 Å². The summed E-state index contributed by atoms with van der Waals surface area (Å²) < 4.78 is 5.69. The number of hydrogen-bond donors (Lipinski definition) is 2. The molecule has 2 aromatic carbocycles. The normalized spacial score (nSPS) is 18.0. The molecule has 8 heteroatoms. The molecule has 0 radical (unpaired) electrons. The summed E-state index contributed by atoms with van der Waals surface area (Å²) in [6, 6.07) is 13.9. The molecule has 2 N–H and O–H groups in total. The van der Waals surface area contributed by atoms with E-state index < -0.39 is 0 Å². The van der Waals surface area contributed by atoms with E-state index in [4.69, 9.17) is 16.3 Å². The number of morpholine rings is 1. The predicted octanol–water partition coefficient (Wildman–Crippen LogP) is 3.42. The van der Waals surface area contributed by atoms with E-state index in [-0.39, 0.29) is 29.9 Å². The number of nitrogens with zero attached hydrogens (tertiary/aromatic N) is 1. The van der Waals surface area contributed by atoms with Gasteiger partial charge in [0.2, 0.25) is 5.91 Å². The molecule has 0 bridgehead atoms. The zero-order valence-electron chi connectivity index (χ0n) is 19.0. The van der Waals surface area contributed by atoms with Crippen LogP contribution in [0.3, 0.4) is 0 Å². The summed E-state index contributed by atoms with van der Waals surface area (Å²) in [6.45, 7) is 5.90. The zero-order valence-corrected chi connectivity index (χ0v) is 19.7. The van der Waals surface area contributed by atoms with Crippen molar-refractivity contribution in [1.82, 2.24) is 15.5 Å². The third-order valence-electron chi connectivity index (χ3n) is 5.37. The van der Waals surface area contributed by atoms with Gasteiger partial charge in [-0.15, -0.1) is 0 Å². The largest absolute Gasteiger partial charge is 0.372 e. The Kier molecular flexibility index (Phi) is 8.86. The molecule has 1 aliphatic heterocycles. The highest BCUT2D eigenvalue weighted by Crippen LogP contribution is 2.15. The summed E-state index contributed by atoms with van der Waals surface area (Å²) in [5, 5.41) is 6.24. The number of halogens is 1. The monoisotopic (exact) mass is 471 g/mol. The highest BCUT2D eigenvalue weighted by Gasteiger charge is 2.26. The van der Waals surface area contributed by atoms with Gasteiger partial charge in [-0.1, -0.05) is 23.7 Å². The van der Waals surface area contributed by atoms with Gasteiger partial charge in [-0.05, 0) is 62.2 Å². The van der Waals surface area contributed by atoms with Crippen LogP contribution in [-0.4, -0.2) is 54.5 Å². The summed E-state index contributed by atoms with van der Waals surface area (Å²) in [7, 11) is 0. The minimum absolute atomic E-state index is 0.00627. The number of nitrogens with one attached hydrogen (secondary N) is 2. The second kappa shape index (κ2) is 11.8. The Morgan fingerprint density at radius 3 is 2.18 bits per heavy atom. The Balaban J connectivity index is 1.36. The molecule has 0 spiro atoms. The minimum atomic E-state index is -0.192. The molecule has 176 valence electrons. The quantitative estimate of drug-likeness (QED) is 0.577. The molecule has 3 amide bonds. The second-order valence-electron chi connectivity index (χ2n) is 8.31. The smallest absolute Gasteiger partial charge is 0.254 e. The molecule has 3 rings (SSSR count). The van der Waals surface area contributed by atoms with Crippen LogP contribution in [0.15, 0.2) is 48.5 Å². The van der Waals surface area contributed by atoms with Crippen molar-refractivity contribution in [1.29, 1.82) is 0 Å². The van der Waals surface area contributed by atoms with Gasteiger partial charge < -0.3 is 20.3 Å². The average Bonchev–Trinajstić information content (AvgIpc) is 2.80. The van der Waals surface area contributed by atoms with Crippen LogP contribution in [0.25, 0.3) is 0 Å². The summed E-state index contributed by atoms with van der Waals surface area (Å²) in [5.74, 6) is -0.289. The molecule has 2 aromatic rings. The number of ether oxygens (including phenoxy) is 1. The van der Waals surface area contributed by atoms with Gasteiger partial charge in [-0.2, -0.15) is 0 Å². The molecule has 1 fully saturated rings. The zero-order chi connectivity index (χ0) is 23.8. The Morgan fingerprint density at radius 1 is 0.939 bits per heavy atom. The molecule has 33 heavy (non-hydrogen) atoms. The number of carbonyl (C=O) groups excluding carboxylic acids is 3. The van der Waals surface area contributed by atoms with Crippen LogP contribution < -0.4 is 10.6 Å². The number of rotatable bonds is 8. The predicted molar refractivity (Wildman–Crippen MR) is 127 cm³/mol. The molecule has 1 aliphatic rings. The first kappa shape index (κ1) is 24.7. The van der Waals surface area contributed by atoms with E-state index in [0.717, 1.165) is 5.56 Å². The number of carbonyl (C=O) groups is 3. The molecule has 0 aromatic heterocycles. The molecule has 7 nitrogen and oxygen atoms in total. The fourth-order valence-electron chi connectivity index (χ4n) is 3.73. The SMILES string of the molecule is CC1CN(C(=O)c2ccc(CNC(=O)CCCNC(=O)c3ccc(Cl)cc3)cc2)CC(C)O1. The van der Waals surface area contributed by atoms with Crippen molar-refractivity contribution >= 4 is 29.3 Å². The van der Waals surface area contributed by atoms with E-state index in [2.05, 4.69) is 10.6 Å². The summed E-state index contributed by atoms with van der Waals surface area (Å²) in [6.07, 6.45) is 0.899. The Hall–Kier alpha value is -2.90. The van der Waals surface area contributed by atoms with Crippen LogP contribution in [0.4, 0.5) is 0 Å². The van der Waals surface area contributed by atoms with Crippen LogP contribution in [0, 0.1) is 0 Å². The van der Waals surface area contributed by atoms with Gasteiger partial charge in [0.25, 0.3) is 11.8 Å². The van der Waals surface area contributed by atoms with Crippen LogP contribution in [0.2, 0.25) is 5.02 Å². The van der Waals surface area contributed by atoms with E-state index in [0.29, 0.717) is 55.2 Å². The second-order valence-corrected chi connectivity index (χ2v) is 8.74. The third kappa shape index (κ3) is 7.58. The minimum Gasteiger partial charge on any atom is -0.372 e. The van der Waals surface area contributed by atoms with E-state index in [1.54, 1.807) is 36.4 Å². The van der Waals surface area contributed by atoms with E-state index in [1.165, 1.54) is 0 Å². The van der Waals surface area contributed by atoms with Crippen LogP contribution in [0.1, 0.15) is 53.0 Å². The molecular formula is C25H30ClN3O4. The van der Waals surface area contributed by atoms with Crippen molar-refractivity contribution in [3.63, 3.8) is 0 Å². The van der Waals surface area contributed by atoms with E-state index in [1.807, 2.05) is 30.9 Å². The number of amides is 3. The lowest BCUT2D eigenvalue weighted by Crippen LogP contribution is -2.48. The lowest BCUT2D eigenvalue weighted by Gasteiger charge is -2.35. The Labute approximate surface area is 199 Å². The highest BCUT2D eigenvalue weighted by molar-refractivity contribution is 6.30. The molecule has 2 atom stereocenters. The molecular weight excluding hydrogens is 442 g/mol. The van der Waals surface area contributed by atoms with Gasteiger partial charge in [0.05, 0.1) is 12.2 Å². The maximum Gasteiger partial charge on any atom is 0.254 e. The standard InChI is InChI=1S/C25H30ClN3O4/c1-17-15-29(16-18(2)33-17)25(32)21-7-5-19(6-8-21)14-28-23(30)4-3-13-27-24(31)20-9-11-22(26)12-10-20/h5-12,17-18H,3-4,13-16H2,1-2H3,(H,27,31)(H,28,30). The molecule has 0 saturated carbocycles. The first-order valence-corrected chi connectivity index (χ1v) is 11.5. The average molecular weight is 472 g/mol. The van der Waals surface area contributed by atoms with Crippen molar-refractivity contribution in [3.8, 4) is 0 Å².